The lowest BCUT2D eigenvalue weighted by Crippen LogP contribution is -2.27. The predicted molar refractivity (Wildman–Crippen MR) is 81.3 cm³/mol. The van der Waals surface area contributed by atoms with Crippen LogP contribution in [0.5, 0.6) is 0 Å². The Morgan fingerprint density at radius 2 is 2.11 bits per heavy atom. The largest absolute Gasteiger partial charge is 0.385 e. The first-order valence-electron chi connectivity index (χ1n) is 7.65. The predicted octanol–water partition coefficient (Wildman–Crippen LogP) is 3.53. The molecule has 3 nitrogen and oxygen atoms in total. The maximum absolute atomic E-state index is 4.47. The molecule has 0 unspecified atom stereocenters. The Morgan fingerprint density at radius 3 is 2.84 bits per heavy atom. The highest BCUT2D eigenvalue weighted by molar-refractivity contribution is 5.42. The molecule has 1 aliphatic carbocycles. The minimum absolute atomic E-state index is 0.899. The molecule has 0 amide bonds. The molecule has 0 bridgehead atoms. The van der Waals surface area contributed by atoms with E-state index in [4.69, 9.17) is 0 Å². The number of pyridine rings is 1. The Labute approximate surface area is 117 Å². The van der Waals surface area contributed by atoms with Crippen molar-refractivity contribution in [2.45, 2.75) is 45.6 Å². The van der Waals surface area contributed by atoms with Gasteiger partial charge >= 0.3 is 0 Å². The van der Waals surface area contributed by atoms with E-state index in [2.05, 4.69) is 35.2 Å². The molecule has 106 valence electrons. The number of rotatable bonds is 6. The highest BCUT2D eigenvalue weighted by Gasteiger charge is 2.15. The van der Waals surface area contributed by atoms with Crippen molar-refractivity contribution in [1.82, 2.24) is 9.88 Å². The van der Waals surface area contributed by atoms with Crippen molar-refractivity contribution < 1.29 is 0 Å². The van der Waals surface area contributed by atoms with Crippen LogP contribution >= 0.6 is 0 Å². The molecule has 1 heterocycles. The fourth-order valence-electron chi connectivity index (χ4n) is 3.03. The molecule has 1 N–H and O–H groups in total. The quantitative estimate of drug-likeness (QED) is 0.849. The molecular weight excluding hydrogens is 234 g/mol. The third-order valence-corrected chi connectivity index (χ3v) is 3.92. The van der Waals surface area contributed by atoms with E-state index in [9.17, 15) is 0 Å². The van der Waals surface area contributed by atoms with Crippen LogP contribution in [0.15, 0.2) is 18.3 Å². The summed E-state index contributed by atoms with van der Waals surface area (Å²) in [5, 5.41) is 3.34. The second kappa shape index (κ2) is 7.49. The van der Waals surface area contributed by atoms with Gasteiger partial charge in [0.15, 0.2) is 0 Å². The molecule has 0 aromatic carbocycles. The summed E-state index contributed by atoms with van der Waals surface area (Å²) in [6.07, 6.45) is 9.01. The van der Waals surface area contributed by atoms with E-state index in [0.717, 1.165) is 24.7 Å². The van der Waals surface area contributed by atoms with Gasteiger partial charge < -0.3 is 10.2 Å². The van der Waals surface area contributed by atoms with Crippen molar-refractivity contribution in [3.8, 4) is 0 Å². The van der Waals surface area contributed by atoms with E-state index in [1.807, 2.05) is 12.3 Å². The highest BCUT2D eigenvalue weighted by Crippen LogP contribution is 2.24. The first-order chi connectivity index (χ1) is 9.28. The van der Waals surface area contributed by atoms with Gasteiger partial charge in [-0.3, -0.25) is 4.98 Å². The molecule has 2 rings (SSSR count). The maximum atomic E-state index is 4.47. The molecular formula is C16H27N3. The standard InChI is InChI=1S/C16H27N3/c1-3-17-15-9-10-18-16(11-15)13-19(2)12-14-7-5-4-6-8-14/h9-11,14H,3-8,12-13H2,1-2H3,(H,17,18). The second-order valence-corrected chi connectivity index (χ2v) is 5.77. The van der Waals surface area contributed by atoms with Crippen molar-refractivity contribution in [2.75, 3.05) is 25.5 Å². The lowest BCUT2D eigenvalue weighted by molar-refractivity contribution is 0.226. The number of aromatic nitrogens is 1. The molecule has 1 aromatic rings. The van der Waals surface area contributed by atoms with Crippen LogP contribution in [0.1, 0.15) is 44.7 Å². The molecule has 0 spiro atoms. The molecule has 0 aliphatic heterocycles. The molecule has 1 saturated carbocycles. The SMILES string of the molecule is CCNc1ccnc(CN(C)CC2CCCCC2)c1. The summed E-state index contributed by atoms with van der Waals surface area (Å²) in [4.78, 5) is 6.90. The summed E-state index contributed by atoms with van der Waals surface area (Å²) in [5.74, 6) is 0.899. The van der Waals surface area contributed by atoms with Gasteiger partial charge in [-0.2, -0.15) is 0 Å². The summed E-state index contributed by atoms with van der Waals surface area (Å²) in [6.45, 7) is 5.25. The Kier molecular flexibility index (Phi) is 5.64. The van der Waals surface area contributed by atoms with Gasteiger partial charge in [0.1, 0.15) is 0 Å². The van der Waals surface area contributed by atoms with Crippen LogP contribution in [-0.2, 0) is 6.54 Å². The summed E-state index contributed by atoms with van der Waals surface area (Å²) in [6, 6.07) is 4.20. The van der Waals surface area contributed by atoms with Gasteiger partial charge in [0.2, 0.25) is 0 Å². The van der Waals surface area contributed by atoms with Crippen LogP contribution in [0.3, 0.4) is 0 Å². The minimum Gasteiger partial charge on any atom is -0.385 e. The Morgan fingerprint density at radius 1 is 1.32 bits per heavy atom. The lowest BCUT2D eigenvalue weighted by Gasteiger charge is -2.26. The fourth-order valence-corrected chi connectivity index (χ4v) is 3.03. The maximum Gasteiger partial charge on any atom is 0.0564 e. The van der Waals surface area contributed by atoms with E-state index >= 15 is 0 Å². The van der Waals surface area contributed by atoms with Crippen molar-refractivity contribution >= 4 is 5.69 Å². The van der Waals surface area contributed by atoms with Gasteiger partial charge in [0, 0.05) is 31.5 Å². The summed E-state index contributed by atoms with van der Waals surface area (Å²) in [5.41, 5.74) is 2.34. The molecule has 0 saturated heterocycles. The monoisotopic (exact) mass is 261 g/mol. The first kappa shape index (κ1) is 14.3. The van der Waals surface area contributed by atoms with Crippen molar-refractivity contribution in [2.24, 2.45) is 5.92 Å². The van der Waals surface area contributed by atoms with Crippen LogP contribution in [0.2, 0.25) is 0 Å². The molecule has 1 aromatic heterocycles. The summed E-state index contributed by atoms with van der Waals surface area (Å²) >= 11 is 0. The average molecular weight is 261 g/mol. The van der Waals surface area contributed by atoms with E-state index < -0.39 is 0 Å². The van der Waals surface area contributed by atoms with E-state index in [0.29, 0.717) is 0 Å². The summed E-state index contributed by atoms with van der Waals surface area (Å²) in [7, 11) is 2.22. The molecule has 0 radical (unpaired) electrons. The van der Waals surface area contributed by atoms with Gasteiger partial charge in [0.25, 0.3) is 0 Å². The zero-order valence-electron chi connectivity index (χ0n) is 12.4. The number of nitrogens with zero attached hydrogens (tertiary/aromatic N) is 2. The first-order valence-corrected chi connectivity index (χ1v) is 7.65. The average Bonchev–Trinajstić information content (AvgIpc) is 2.40. The van der Waals surface area contributed by atoms with Crippen molar-refractivity contribution in [1.29, 1.82) is 0 Å². The second-order valence-electron chi connectivity index (χ2n) is 5.77. The van der Waals surface area contributed by atoms with Crippen LogP contribution in [0, 0.1) is 5.92 Å². The van der Waals surface area contributed by atoms with Crippen LogP contribution in [0.4, 0.5) is 5.69 Å². The van der Waals surface area contributed by atoms with Crippen LogP contribution in [-0.4, -0.2) is 30.0 Å². The smallest absolute Gasteiger partial charge is 0.0564 e. The summed E-state index contributed by atoms with van der Waals surface area (Å²) < 4.78 is 0. The Balaban J connectivity index is 1.83. The van der Waals surface area contributed by atoms with E-state index in [1.165, 1.54) is 44.3 Å². The van der Waals surface area contributed by atoms with Gasteiger partial charge in [-0.1, -0.05) is 19.3 Å². The van der Waals surface area contributed by atoms with Gasteiger partial charge in [-0.05, 0) is 44.9 Å². The normalized spacial score (nSPS) is 16.8. The Hall–Kier alpha value is -1.09. The van der Waals surface area contributed by atoms with E-state index in [-0.39, 0.29) is 0 Å². The molecule has 1 fully saturated rings. The lowest BCUT2D eigenvalue weighted by atomic mass is 9.89. The minimum atomic E-state index is 0.899. The molecule has 0 atom stereocenters. The fraction of sp³-hybridized carbons (Fsp3) is 0.688. The van der Waals surface area contributed by atoms with E-state index in [1.54, 1.807) is 0 Å². The molecule has 1 aliphatic rings. The molecule has 19 heavy (non-hydrogen) atoms. The van der Waals surface area contributed by atoms with Gasteiger partial charge in [-0.15, -0.1) is 0 Å². The Bertz CT molecular complexity index is 372. The number of anilines is 1. The zero-order chi connectivity index (χ0) is 13.5. The highest BCUT2D eigenvalue weighted by atomic mass is 15.1. The zero-order valence-corrected chi connectivity index (χ0v) is 12.4. The van der Waals surface area contributed by atoms with Gasteiger partial charge in [0.05, 0.1) is 5.69 Å². The van der Waals surface area contributed by atoms with Gasteiger partial charge in [-0.25, -0.2) is 0 Å². The number of nitrogens with one attached hydrogen (secondary N) is 1. The van der Waals surface area contributed by atoms with Crippen LogP contribution < -0.4 is 5.32 Å². The topological polar surface area (TPSA) is 28.2 Å². The molecule has 3 heteroatoms. The third kappa shape index (κ3) is 4.83. The number of hydrogen-bond acceptors (Lipinski definition) is 3. The van der Waals surface area contributed by atoms with Crippen LogP contribution in [0.25, 0.3) is 0 Å². The van der Waals surface area contributed by atoms with Crippen molar-refractivity contribution in [3.05, 3.63) is 24.0 Å². The third-order valence-electron chi connectivity index (χ3n) is 3.92. The number of hydrogen-bond donors (Lipinski definition) is 1. The van der Waals surface area contributed by atoms with Crippen molar-refractivity contribution in [3.63, 3.8) is 0 Å².